The van der Waals surface area contributed by atoms with Crippen LogP contribution in [-0.2, 0) is 4.74 Å². The molecule has 1 aliphatic heterocycles. The number of rotatable bonds is 7. The molecule has 4 rings (SSSR count). The van der Waals surface area contributed by atoms with Gasteiger partial charge in [0.1, 0.15) is 17.0 Å². The molecule has 1 saturated heterocycles. The van der Waals surface area contributed by atoms with Crippen molar-refractivity contribution in [3.05, 3.63) is 28.3 Å². The first-order chi connectivity index (χ1) is 12.7. The van der Waals surface area contributed by atoms with Gasteiger partial charge in [0.05, 0.1) is 25.3 Å². The summed E-state index contributed by atoms with van der Waals surface area (Å²) < 4.78 is 25.2. The predicted molar refractivity (Wildman–Crippen MR) is 96.3 cm³/mol. The molecule has 2 fully saturated rings. The van der Waals surface area contributed by atoms with Gasteiger partial charge in [0.2, 0.25) is 5.95 Å². The molecular formula is C18H23FN4O3. The molecule has 0 unspecified atom stereocenters. The molecule has 2 aromatic rings. The van der Waals surface area contributed by atoms with Gasteiger partial charge in [-0.2, -0.15) is 0 Å². The van der Waals surface area contributed by atoms with Crippen LogP contribution in [-0.4, -0.2) is 60.9 Å². The second kappa shape index (κ2) is 7.59. The number of benzene rings is 1. The number of H-pyrrole nitrogens is 1. The molecule has 2 heterocycles. The Balaban J connectivity index is 1.46. The van der Waals surface area contributed by atoms with Crippen molar-refractivity contribution in [2.24, 2.45) is 5.92 Å². The minimum atomic E-state index is -0.609. The zero-order valence-electron chi connectivity index (χ0n) is 14.6. The maximum absolute atomic E-state index is 14.3. The molecule has 26 heavy (non-hydrogen) atoms. The first kappa shape index (κ1) is 17.2. The van der Waals surface area contributed by atoms with Crippen molar-refractivity contribution in [3.63, 3.8) is 0 Å². The molecule has 7 nitrogen and oxygen atoms in total. The van der Waals surface area contributed by atoms with E-state index in [0.29, 0.717) is 36.3 Å². The summed E-state index contributed by atoms with van der Waals surface area (Å²) in [7, 11) is 0. The lowest BCUT2D eigenvalue weighted by Crippen LogP contribution is -2.39. The lowest BCUT2D eigenvalue weighted by atomic mass is 10.2. The van der Waals surface area contributed by atoms with Crippen molar-refractivity contribution in [2.75, 3.05) is 51.3 Å². The van der Waals surface area contributed by atoms with Gasteiger partial charge in [0.15, 0.2) is 0 Å². The van der Waals surface area contributed by atoms with Crippen LogP contribution in [0.4, 0.5) is 10.3 Å². The van der Waals surface area contributed by atoms with Crippen LogP contribution >= 0.6 is 0 Å². The summed E-state index contributed by atoms with van der Waals surface area (Å²) in [5.74, 6) is 0.717. The second-order valence-corrected chi connectivity index (χ2v) is 6.85. The number of halogens is 1. The van der Waals surface area contributed by atoms with Gasteiger partial charge in [-0.15, -0.1) is 0 Å². The van der Waals surface area contributed by atoms with Crippen molar-refractivity contribution < 1.29 is 13.9 Å². The van der Waals surface area contributed by atoms with Gasteiger partial charge < -0.3 is 14.8 Å². The van der Waals surface area contributed by atoms with Gasteiger partial charge in [-0.25, -0.2) is 9.37 Å². The maximum Gasteiger partial charge on any atom is 0.263 e. The van der Waals surface area contributed by atoms with Gasteiger partial charge in [0.25, 0.3) is 5.56 Å². The summed E-state index contributed by atoms with van der Waals surface area (Å²) in [6.45, 7) is 5.33. The normalized spacial score (nSPS) is 18.2. The van der Waals surface area contributed by atoms with E-state index in [-0.39, 0.29) is 5.39 Å². The molecule has 140 valence electrons. The average Bonchev–Trinajstić information content (AvgIpc) is 3.45. The van der Waals surface area contributed by atoms with Crippen LogP contribution in [0.2, 0.25) is 0 Å². The molecule has 0 amide bonds. The Morgan fingerprint density at radius 1 is 1.35 bits per heavy atom. The number of hydrogen-bond donors (Lipinski definition) is 2. The van der Waals surface area contributed by atoms with E-state index in [0.717, 1.165) is 45.7 Å². The largest absolute Gasteiger partial charge is 0.493 e. The minimum absolute atomic E-state index is 0.0394. The first-order valence-corrected chi connectivity index (χ1v) is 9.09. The molecule has 0 bridgehead atoms. The smallest absolute Gasteiger partial charge is 0.263 e. The van der Waals surface area contributed by atoms with Crippen LogP contribution < -0.4 is 15.6 Å². The van der Waals surface area contributed by atoms with Gasteiger partial charge >= 0.3 is 0 Å². The first-order valence-electron chi connectivity index (χ1n) is 9.09. The highest BCUT2D eigenvalue weighted by Gasteiger charge is 2.22. The molecule has 8 heteroatoms. The number of aromatic nitrogens is 2. The number of anilines is 1. The number of fused-ring (bicyclic) bond motifs is 1. The van der Waals surface area contributed by atoms with E-state index in [1.807, 2.05) is 0 Å². The number of aromatic amines is 1. The molecule has 1 aromatic carbocycles. The molecule has 1 aromatic heterocycles. The SMILES string of the molecule is O=c1[nH]c(NCCN2CCOCC2)nc2cc(OCC3CC3)cc(F)c12. The van der Waals surface area contributed by atoms with E-state index < -0.39 is 11.4 Å². The molecule has 0 spiro atoms. The molecule has 1 saturated carbocycles. The van der Waals surface area contributed by atoms with Crippen LogP contribution in [0.1, 0.15) is 12.8 Å². The number of ether oxygens (including phenoxy) is 2. The minimum Gasteiger partial charge on any atom is -0.493 e. The lowest BCUT2D eigenvalue weighted by molar-refractivity contribution is 0.0398. The van der Waals surface area contributed by atoms with Gasteiger partial charge in [0, 0.05) is 38.3 Å². The Labute approximate surface area is 150 Å². The van der Waals surface area contributed by atoms with E-state index in [1.165, 1.54) is 6.07 Å². The third-order valence-electron chi connectivity index (χ3n) is 4.74. The highest BCUT2D eigenvalue weighted by atomic mass is 19.1. The van der Waals surface area contributed by atoms with Crippen molar-refractivity contribution in [1.82, 2.24) is 14.9 Å². The standard InChI is InChI=1S/C18H23FN4O3/c19-14-9-13(26-11-12-1-2-12)10-15-16(14)17(24)22-18(21-15)20-3-4-23-5-7-25-8-6-23/h9-10,12H,1-8,11H2,(H2,20,21,22,24). The Kier molecular flexibility index (Phi) is 5.03. The number of hydrogen-bond acceptors (Lipinski definition) is 6. The third kappa shape index (κ3) is 4.13. The fraction of sp³-hybridized carbons (Fsp3) is 0.556. The van der Waals surface area contributed by atoms with Gasteiger partial charge in [-0.05, 0) is 18.8 Å². The average molecular weight is 362 g/mol. The summed E-state index contributed by atoms with van der Waals surface area (Å²) >= 11 is 0. The summed E-state index contributed by atoms with van der Waals surface area (Å²) in [6, 6.07) is 2.89. The summed E-state index contributed by atoms with van der Waals surface area (Å²) in [4.78, 5) is 21.5. The quantitative estimate of drug-likeness (QED) is 0.779. The van der Waals surface area contributed by atoms with E-state index >= 15 is 0 Å². The van der Waals surface area contributed by atoms with Crippen molar-refractivity contribution >= 4 is 16.9 Å². The van der Waals surface area contributed by atoms with Crippen LogP contribution in [0.5, 0.6) is 5.75 Å². The number of nitrogens with one attached hydrogen (secondary N) is 2. The zero-order valence-corrected chi connectivity index (χ0v) is 14.6. The topological polar surface area (TPSA) is 79.5 Å². The van der Waals surface area contributed by atoms with Crippen LogP contribution in [0.15, 0.2) is 16.9 Å². The van der Waals surface area contributed by atoms with Crippen LogP contribution in [0.25, 0.3) is 10.9 Å². The van der Waals surface area contributed by atoms with E-state index in [1.54, 1.807) is 6.07 Å². The molecular weight excluding hydrogens is 339 g/mol. The van der Waals surface area contributed by atoms with Gasteiger partial charge in [-0.3, -0.25) is 14.7 Å². The van der Waals surface area contributed by atoms with E-state index in [9.17, 15) is 9.18 Å². The van der Waals surface area contributed by atoms with E-state index in [2.05, 4.69) is 20.2 Å². The highest BCUT2D eigenvalue weighted by molar-refractivity contribution is 5.80. The zero-order chi connectivity index (χ0) is 17.9. The molecule has 1 aliphatic carbocycles. The summed E-state index contributed by atoms with van der Waals surface area (Å²) in [6.07, 6.45) is 2.32. The number of morpholine rings is 1. The summed E-state index contributed by atoms with van der Waals surface area (Å²) in [5, 5.41) is 3.07. The van der Waals surface area contributed by atoms with E-state index in [4.69, 9.17) is 9.47 Å². The van der Waals surface area contributed by atoms with Crippen LogP contribution in [0, 0.1) is 11.7 Å². The molecule has 0 atom stereocenters. The van der Waals surface area contributed by atoms with Crippen molar-refractivity contribution in [2.45, 2.75) is 12.8 Å². The van der Waals surface area contributed by atoms with Gasteiger partial charge in [-0.1, -0.05) is 0 Å². The number of nitrogens with zero attached hydrogens (tertiary/aromatic N) is 2. The molecule has 2 N–H and O–H groups in total. The Bertz CT molecular complexity index is 831. The third-order valence-corrected chi connectivity index (χ3v) is 4.74. The predicted octanol–water partition coefficient (Wildman–Crippen LogP) is 1.60. The Morgan fingerprint density at radius 2 is 2.15 bits per heavy atom. The summed E-state index contributed by atoms with van der Waals surface area (Å²) in [5.41, 5.74) is -0.191. The highest BCUT2D eigenvalue weighted by Crippen LogP contribution is 2.30. The molecule has 2 aliphatic rings. The van der Waals surface area contributed by atoms with Crippen molar-refractivity contribution in [3.8, 4) is 5.75 Å². The second-order valence-electron chi connectivity index (χ2n) is 6.85. The fourth-order valence-corrected chi connectivity index (χ4v) is 3.02. The lowest BCUT2D eigenvalue weighted by Gasteiger charge is -2.26. The Morgan fingerprint density at radius 3 is 2.92 bits per heavy atom. The van der Waals surface area contributed by atoms with Crippen molar-refractivity contribution in [1.29, 1.82) is 0 Å². The maximum atomic E-state index is 14.3. The Hall–Kier alpha value is -2.19. The fourth-order valence-electron chi connectivity index (χ4n) is 3.02. The van der Waals surface area contributed by atoms with Crippen LogP contribution in [0.3, 0.4) is 0 Å². The monoisotopic (exact) mass is 362 g/mol. The molecule has 0 radical (unpaired) electrons.